The van der Waals surface area contributed by atoms with Crippen LogP contribution in [0, 0.1) is 11.3 Å². The first-order valence-electron chi connectivity index (χ1n) is 6.32. The Balaban J connectivity index is 2.20. The van der Waals surface area contributed by atoms with Crippen LogP contribution in [0.1, 0.15) is 24.8 Å². The maximum atomic E-state index is 12.3. The zero-order valence-electron chi connectivity index (χ0n) is 11.1. The van der Waals surface area contributed by atoms with Gasteiger partial charge in [-0.25, -0.2) is 4.98 Å². The van der Waals surface area contributed by atoms with E-state index < -0.39 is 22.2 Å². The predicted octanol–water partition coefficient (Wildman–Crippen LogP) is 0.549. The van der Waals surface area contributed by atoms with Gasteiger partial charge in [-0.3, -0.25) is 9.52 Å². The first-order chi connectivity index (χ1) is 9.94. The van der Waals surface area contributed by atoms with Crippen LogP contribution in [0.3, 0.4) is 0 Å². The Hall–Kier alpha value is -2.18. The van der Waals surface area contributed by atoms with Gasteiger partial charge in [-0.1, -0.05) is 0 Å². The smallest absolute Gasteiger partial charge is 0.322 e. The summed E-state index contributed by atoms with van der Waals surface area (Å²) in [5.74, 6) is -1.11. The molecule has 9 heteroatoms. The normalized spacial score (nSPS) is 19.7. The summed E-state index contributed by atoms with van der Waals surface area (Å²) in [4.78, 5) is 15.0. The summed E-state index contributed by atoms with van der Waals surface area (Å²) >= 11 is 0. The van der Waals surface area contributed by atoms with Crippen molar-refractivity contribution < 1.29 is 18.3 Å². The molecule has 1 aliphatic heterocycles. The Labute approximate surface area is 122 Å². The largest absolute Gasteiger partial charge is 0.480 e. The summed E-state index contributed by atoms with van der Waals surface area (Å²) in [7, 11) is -3.99. The number of nitriles is 1. The molecule has 1 saturated heterocycles. The molecule has 1 unspecified atom stereocenters. The predicted molar refractivity (Wildman–Crippen MR) is 73.5 cm³/mol. The van der Waals surface area contributed by atoms with Crippen LogP contribution >= 0.6 is 0 Å². The van der Waals surface area contributed by atoms with Crippen molar-refractivity contribution in [2.45, 2.75) is 25.3 Å². The molecule has 112 valence electrons. The molecule has 1 aromatic rings. The van der Waals surface area contributed by atoms with Crippen molar-refractivity contribution in [3.05, 3.63) is 23.9 Å². The number of carboxylic acids is 1. The van der Waals surface area contributed by atoms with Gasteiger partial charge in [0.05, 0.1) is 5.56 Å². The van der Waals surface area contributed by atoms with Crippen molar-refractivity contribution >= 4 is 22.0 Å². The minimum absolute atomic E-state index is 0.0451. The van der Waals surface area contributed by atoms with Gasteiger partial charge < -0.3 is 5.11 Å². The van der Waals surface area contributed by atoms with Crippen molar-refractivity contribution in [3.63, 3.8) is 0 Å². The van der Waals surface area contributed by atoms with Crippen LogP contribution in [0.2, 0.25) is 0 Å². The summed E-state index contributed by atoms with van der Waals surface area (Å²) < 4.78 is 27.7. The van der Waals surface area contributed by atoms with E-state index in [1.807, 2.05) is 6.07 Å². The fraction of sp³-hybridized carbons (Fsp3) is 0.417. The molecule has 0 spiro atoms. The van der Waals surface area contributed by atoms with Crippen molar-refractivity contribution in [1.82, 2.24) is 9.29 Å². The first-order valence-corrected chi connectivity index (χ1v) is 7.76. The highest BCUT2D eigenvalue weighted by Gasteiger charge is 2.36. The topological polar surface area (TPSA) is 123 Å². The zero-order chi connectivity index (χ0) is 15.5. The summed E-state index contributed by atoms with van der Waals surface area (Å²) in [5.41, 5.74) is 0.305. The lowest BCUT2D eigenvalue weighted by molar-refractivity contribution is -0.142. The number of piperidine rings is 1. The van der Waals surface area contributed by atoms with Gasteiger partial charge in [0.2, 0.25) is 0 Å². The molecule has 0 saturated carbocycles. The molecule has 2 rings (SSSR count). The quantitative estimate of drug-likeness (QED) is 0.837. The van der Waals surface area contributed by atoms with Crippen LogP contribution in [0.5, 0.6) is 0 Å². The molecule has 2 heterocycles. The number of anilines is 1. The molecule has 0 amide bonds. The molecule has 1 aliphatic rings. The van der Waals surface area contributed by atoms with Crippen LogP contribution in [0.4, 0.5) is 5.82 Å². The van der Waals surface area contributed by atoms with Gasteiger partial charge in [0.15, 0.2) is 0 Å². The van der Waals surface area contributed by atoms with E-state index in [0.717, 1.165) is 4.31 Å². The number of nitrogens with one attached hydrogen (secondary N) is 1. The highest BCUT2D eigenvalue weighted by Crippen LogP contribution is 2.21. The second-order valence-corrected chi connectivity index (χ2v) is 6.23. The lowest BCUT2D eigenvalue weighted by Crippen LogP contribution is -2.50. The Morgan fingerprint density at radius 2 is 2.24 bits per heavy atom. The third-order valence-corrected chi connectivity index (χ3v) is 4.70. The van der Waals surface area contributed by atoms with Crippen molar-refractivity contribution in [2.75, 3.05) is 11.3 Å². The molecule has 0 bridgehead atoms. The minimum Gasteiger partial charge on any atom is -0.480 e. The number of hydrogen-bond acceptors (Lipinski definition) is 5. The zero-order valence-corrected chi connectivity index (χ0v) is 11.9. The molecular weight excluding hydrogens is 296 g/mol. The fourth-order valence-corrected chi connectivity index (χ4v) is 3.55. The monoisotopic (exact) mass is 310 g/mol. The highest BCUT2D eigenvalue weighted by molar-refractivity contribution is 7.90. The lowest BCUT2D eigenvalue weighted by Gasteiger charge is -2.31. The fourth-order valence-electron chi connectivity index (χ4n) is 2.15. The first kappa shape index (κ1) is 15.2. The van der Waals surface area contributed by atoms with Crippen molar-refractivity contribution in [2.24, 2.45) is 0 Å². The van der Waals surface area contributed by atoms with Gasteiger partial charge in [-0.15, -0.1) is 0 Å². The van der Waals surface area contributed by atoms with Crippen LogP contribution in [0.15, 0.2) is 18.3 Å². The summed E-state index contributed by atoms with van der Waals surface area (Å²) in [6.45, 7) is 0.155. The van der Waals surface area contributed by atoms with E-state index in [1.165, 1.54) is 18.3 Å². The van der Waals surface area contributed by atoms with Gasteiger partial charge in [0, 0.05) is 12.7 Å². The number of hydrogen-bond donors (Lipinski definition) is 2. The maximum absolute atomic E-state index is 12.3. The highest BCUT2D eigenvalue weighted by atomic mass is 32.2. The minimum atomic E-state index is -3.99. The lowest BCUT2D eigenvalue weighted by atomic mass is 10.1. The molecule has 2 N–H and O–H groups in total. The standard InChI is InChI=1S/C12H14N4O4S/c13-7-9-4-5-11(14-8-9)15-21(19,20)16-6-2-1-3-10(16)12(17)18/h4-5,8,10H,1-3,6H2,(H,14,15)(H,17,18). The van der Waals surface area contributed by atoms with E-state index in [4.69, 9.17) is 10.4 Å². The Kier molecular flexibility index (Phi) is 4.40. The van der Waals surface area contributed by atoms with Crippen molar-refractivity contribution in [1.29, 1.82) is 5.26 Å². The molecule has 0 aromatic carbocycles. The Morgan fingerprint density at radius 3 is 2.81 bits per heavy atom. The second kappa shape index (κ2) is 6.07. The number of carbonyl (C=O) groups is 1. The summed E-state index contributed by atoms with van der Waals surface area (Å²) in [5, 5.41) is 17.8. The Morgan fingerprint density at radius 1 is 1.48 bits per heavy atom. The summed E-state index contributed by atoms with van der Waals surface area (Å²) in [6, 6.07) is 3.60. The molecular formula is C12H14N4O4S. The van der Waals surface area contributed by atoms with Crippen LogP contribution in [0.25, 0.3) is 0 Å². The average Bonchev–Trinajstić information content (AvgIpc) is 2.47. The third-order valence-electron chi connectivity index (χ3n) is 3.17. The number of aromatic nitrogens is 1. The maximum Gasteiger partial charge on any atom is 0.322 e. The van der Waals surface area contributed by atoms with E-state index in [2.05, 4.69) is 9.71 Å². The molecule has 1 fully saturated rings. The molecule has 1 aromatic heterocycles. The average molecular weight is 310 g/mol. The van der Waals surface area contributed by atoms with E-state index in [1.54, 1.807) is 0 Å². The molecule has 0 radical (unpaired) electrons. The van der Waals surface area contributed by atoms with Crippen molar-refractivity contribution in [3.8, 4) is 6.07 Å². The SMILES string of the molecule is N#Cc1ccc(NS(=O)(=O)N2CCCCC2C(=O)O)nc1. The van der Waals surface area contributed by atoms with Gasteiger partial charge in [-0.2, -0.15) is 18.0 Å². The van der Waals surface area contributed by atoms with Gasteiger partial charge >= 0.3 is 16.2 Å². The second-order valence-electron chi connectivity index (χ2n) is 4.61. The molecule has 1 atom stereocenters. The number of rotatable bonds is 4. The van der Waals surface area contributed by atoms with Crippen LogP contribution in [-0.4, -0.2) is 41.4 Å². The molecule has 0 aliphatic carbocycles. The van der Waals surface area contributed by atoms with Gasteiger partial charge in [-0.05, 0) is 31.4 Å². The van der Waals surface area contributed by atoms with E-state index in [-0.39, 0.29) is 18.8 Å². The van der Waals surface area contributed by atoms with Gasteiger partial charge in [0.25, 0.3) is 0 Å². The number of aliphatic carboxylic acids is 1. The molecule has 8 nitrogen and oxygen atoms in total. The summed E-state index contributed by atoms with van der Waals surface area (Å²) in [6.07, 6.45) is 2.82. The van der Waals surface area contributed by atoms with Gasteiger partial charge in [0.1, 0.15) is 17.9 Å². The third kappa shape index (κ3) is 3.48. The number of nitrogens with zero attached hydrogens (tertiary/aromatic N) is 3. The van der Waals surface area contributed by atoms with E-state index in [0.29, 0.717) is 18.4 Å². The van der Waals surface area contributed by atoms with Crippen LogP contribution in [-0.2, 0) is 15.0 Å². The molecule has 21 heavy (non-hydrogen) atoms. The number of carboxylic acid groups (broad SMARTS) is 1. The Bertz CT molecular complexity index is 665. The van der Waals surface area contributed by atoms with Crippen LogP contribution < -0.4 is 4.72 Å². The number of pyridine rings is 1. The van der Waals surface area contributed by atoms with E-state index in [9.17, 15) is 13.2 Å². The van der Waals surface area contributed by atoms with E-state index >= 15 is 0 Å².